The number of alkyl halides is 1. The van der Waals surface area contributed by atoms with Crippen LogP contribution in [0.4, 0.5) is 10.2 Å². The lowest BCUT2D eigenvalue weighted by molar-refractivity contribution is 0.0950. The Bertz CT molecular complexity index is 286. The predicted octanol–water partition coefficient (Wildman–Crippen LogP) is 0.363. The van der Waals surface area contributed by atoms with Crippen LogP contribution in [-0.2, 0) is 0 Å². The number of carbonyl (C=O) groups is 1. The average molecular weight is 183 g/mol. The van der Waals surface area contributed by atoms with Gasteiger partial charge in [0, 0.05) is 12.7 Å². The predicted molar refractivity (Wildman–Crippen MR) is 47.0 cm³/mol. The summed E-state index contributed by atoms with van der Waals surface area (Å²) < 4.78 is 11.7. The lowest BCUT2D eigenvalue weighted by Gasteiger charge is -2.01. The molecule has 3 N–H and O–H groups in total. The summed E-state index contributed by atoms with van der Waals surface area (Å²) in [7, 11) is 0. The number of carbonyl (C=O) groups excluding carboxylic acids is 1. The van der Waals surface area contributed by atoms with E-state index in [2.05, 4.69) is 10.3 Å². The van der Waals surface area contributed by atoms with E-state index in [0.717, 1.165) is 0 Å². The van der Waals surface area contributed by atoms with Crippen LogP contribution in [0.15, 0.2) is 18.3 Å². The normalized spacial score (nSPS) is 9.62. The Hall–Kier alpha value is -1.65. The number of hydrogen-bond acceptors (Lipinski definition) is 3. The van der Waals surface area contributed by atoms with Crippen molar-refractivity contribution in [3.8, 4) is 0 Å². The van der Waals surface area contributed by atoms with Crippen molar-refractivity contribution in [1.29, 1.82) is 0 Å². The zero-order valence-electron chi connectivity index (χ0n) is 6.96. The van der Waals surface area contributed by atoms with Crippen LogP contribution in [0.2, 0.25) is 0 Å². The summed E-state index contributed by atoms with van der Waals surface area (Å²) in [6.07, 6.45) is 1.35. The molecule has 0 atom stereocenters. The Morgan fingerprint density at radius 3 is 2.92 bits per heavy atom. The highest BCUT2D eigenvalue weighted by molar-refractivity contribution is 5.93. The average Bonchev–Trinajstić information content (AvgIpc) is 2.15. The van der Waals surface area contributed by atoms with E-state index in [4.69, 9.17) is 5.73 Å². The molecule has 4 nitrogen and oxygen atoms in total. The van der Waals surface area contributed by atoms with Gasteiger partial charge in [-0.3, -0.25) is 4.79 Å². The maximum Gasteiger partial charge on any atom is 0.252 e. The second-order valence-corrected chi connectivity index (χ2v) is 2.42. The van der Waals surface area contributed by atoms with Gasteiger partial charge in [0.05, 0.1) is 5.56 Å². The fourth-order valence-electron chi connectivity index (χ4n) is 0.802. The SMILES string of the molecule is Nc1ccc(C(=O)NCCF)cn1. The van der Waals surface area contributed by atoms with Gasteiger partial charge in [0.2, 0.25) is 0 Å². The van der Waals surface area contributed by atoms with Crippen molar-refractivity contribution < 1.29 is 9.18 Å². The second-order valence-electron chi connectivity index (χ2n) is 2.42. The summed E-state index contributed by atoms with van der Waals surface area (Å²) in [5.41, 5.74) is 5.70. The third-order valence-corrected chi connectivity index (χ3v) is 1.43. The molecule has 13 heavy (non-hydrogen) atoms. The molecule has 0 aliphatic heterocycles. The standard InChI is InChI=1S/C8H10FN3O/c9-3-4-11-8(13)6-1-2-7(10)12-5-6/h1-2,5H,3-4H2,(H2,10,12)(H,11,13). The lowest BCUT2D eigenvalue weighted by atomic mass is 10.2. The number of aromatic nitrogens is 1. The first-order valence-corrected chi connectivity index (χ1v) is 3.79. The topological polar surface area (TPSA) is 68.0 Å². The Morgan fingerprint density at radius 2 is 2.38 bits per heavy atom. The number of hydrogen-bond donors (Lipinski definition) is 2. The molecule has 1 rings (SSSR count). The Labute approximate surface area is 75.0 Å². The van der Waals surface area contributed by atoms with E-state index < -0.39 is 6.67 Å². The summed E-state index contributed by atoms with van der Waals surface area (Å²) in [5, 5.41) is 2.37. The van der Waals surface area contributed by atoms with Crippen LogP contribution in [-0.4, -0.2) is 24.1 Å². The molecule has 0 bridgehead atoms. The summed E-state index contributed by atoms with van der Waals surface area (Å²) in [6.45, 7) is -0.558. The molecule has 5 heteroatoms. The van der Waals surface area contributed by atoms with Crippen molar-refractivity contribution in [3.05, 3.63) is 23.9 Å². The first-order chi connectivity index (χ1) is 6.24. The molecular formula is C8H10FN3O. The number of pyridine rings is 1. The molecule has 0 saturated carbocycles. The largest absolute Gasteiger partial charge is 0.384 e. The van der Waals surface area contributed by atoms with Gasteiger partial charge in [-0.25, -0.2) is 9.37 Å². The highest BCUT2D eigenvalue weighted by atomic mass is 19.1. The number of halogens is 1. The van der Waals surface area contributed by atoms with Crippen LogP contribution >= 0.6 is 0 Å². The zero-order valence-corrected chi connectivity index (χ0v) is 6.96. The Kier molecular flexibility index (Phi) is 3.19. The van der Waals surface area contributed by atoms with Crippen LogP contribution in [0.1, 0.15) is 10.4 Å². The number of nitrogen functional groups attached to an aromatic ring is 1. The molecule has 1 aromatic heterocycles. The number of rotatable bonds is 3. The van der Waals surface area contributed by atoms with Crippen molar-refractivity contribution in [2.45, 2.75) is 0 Å². The molecule has 0 unspecified atom stereocenters. The minimum Gasteiger partial charge on any atom is -0.384 e. The zero-order chi connectivity index (χ0) is 9.68. The van der Waals surface area contributed by atoms with E-state index in [1.165, 1.54) is 18.3 Å². The summed E-state index contributed by atoms with van der Waals surface area (Å²) >= 11 is 0. The van der Waals surface area contributed by atoms with E-state index in [1.54, 1.807) is 0 Å². The van der Waals surface area contributed by atoms with Gasteiger partial charge in [0.15, 0.2) is 0 Å². The Morgan fingerprint density at radius 1 is 1.62 bits per heavy atom. The van der Waals surface area contributed by atoms with E-state index in [-0.39, 0.29) is 12.5 Å². The highest BCUT2D eigenvalue weighted by Crippen LogP contribution is 2.00. The maximum atomic E-state index is 11.7. The minimum absolute atomic E-state index is 0.0171. The van der Waals surface area contributed by atoms with Crippen LogP contribution in [0.3, 0.4) is 0 Å². The first kappa shape index (κ1) is 9.44. The maximum absolute atomic E-state index is 11.7. The van der Waals surface area contributed by atoms with Gasteiger partial charge < -0.3 is 11.1 Å². The lowest BCUT2D eigenvalue weighted by Crippen LogP contribution is -2.25. The number of nitrogens with one attached hydrogen (secondary N) is 1. The van der Waals surface area contributed by atoms with Crippen LogP contribution in [0.25, 0.3) is 0 Å². The molecule has 0 aromatic carbocycles. The number of anilines is 1. The van der Waals surface area contributed by atoms with Gasteiger partial charge in [-0.2, -0.15) is 0 Å². The van der Waals surface area contributed by atoms with Gasteiger partial charge >= 0.3 is 0 Å². The quantitative estimate of drug-likeness (QED) is 0.711. The van der Waals surface area contributed by atoms with E-state index in [9.17, 15) is 9.18 Å². The van der Waals surface area contributed by atoms with E-state index in [0.29, 0.717) is 11.4 Å². The van der Waals surface area contributed by atoms with Crippen molar-refractivity contribution in [2.24, 2.45) is 0 Å². The molecule has 0 saturated heterocycles. The molecule has 0 fully saturated rings. The molecule has 1 heterocycles. The third-order valence-electron chi connectivity index (χ3n) is 1.43. The number of amides is 1. The monoisotopic (exact) mass is 183 g/mol. The second kappa shape index (κ2) is 4.39. The van der Waals surface area contributed by atoms with Crippen molar-refractivity contribution in [1.82, 2.24) is 10.3 Å². The highest BCUT2D eigenvalue weighted by Gasteiger charge is 2.03. The molecule has 0 aliphatic carbocycles. The molecule has 0 radical (unpaired) electrons. The molecule has 0 aliphatic rings. The Balaban J connectivity index is 2.61. The minimum atomic E-state index is -0.575. The fourth-order valence-corrected chi connectivity index (χ4v) is 0.802. The smallest absolute Gasteiger partial charge is 0.252 e. The molecule has 1 aromatic rings. The van der Waals surface area contributed by atoms with E-state index >= 15 is 0 Å². The molecular weight excluding hydrogens is 173 g/mol. The van der Waals surface area contributed by atoms with Crippen LogP contribution in [0.5, 0.6) is 0 Å². The molecule has 70 valence electrons. The van der Waals surface area contributed by atoms with Gasteiger partial charge in [0.25, 0.3) is 5.91 Å². The fraction of sp³-hybridized carbons (Fsp3) is 0.250. The van der Waals surface area contributed by atoms with Gasteiger partial charge in [-0.05, 0) is 12.1 Å². The van der Waals surface area contributed by atoms with Crippen LogP contribution in [0, 0.1) is 0 Å². The van der Waals surface area contributed by atoms with Gasteiger partial charge in [0.1, 0.15) is 12.5 Å². The third kappa shape index (κ3) is 2.70. The van der Waals surface area contributed by atoms with Crippen LogP contribution < -0.4 is 11.1 Å². The molecule has 0 spiro atoms. The first-order valence-electron chi connectivity index (χ1n) is 3.79. The number of nitrogens with zero attached hydrogens (tertiary/aromatic N) is 1. The van der Waals surface area contributed by atoms with Gasteiger partial charge in [-0.15, -0.1) is 0 Å². The van der Waals surface area contributed by atoms with Gasteiger partial charge in [-0.1, -0.05) is 0 Å². The van der Waals surface area contributed by atoms with E-state index in [1.807, 2.05) is 0 Å². The summed E-state index contributed by atoms with van der Waals surface area (Å²) in [5.74, 6) is 0.00666. The summed E-state index contributed by atoms with van der Waals surface area (Å²) in [6, 6.07) is 3.06. The molecule has 1 amide bonds. The van der Waals surface area contributed by atoms with Crippen molar-refractivity contribution >= 4 is 11.7 Å². The van der Waals surface area contributed by atoms with Crippen molar-refractivity contribution in [2.75, 3.05) is 19.0 Å². The summed E-state index contributed by atoms with van der Waals surface area (Å²) in [4.78, 5) is 14.9. The van der Waals surface area contributed by atoms with Crippen molar-refractivity contribution in [3.63, 3.8) is 0 Å². The number of nitrogens with two attached hydrogens (primary N) is 1.